The summed E-state index contributed by atoms with van der Waals surface area (Å²) in [6.45, 7) is 2.62. The molecule has 0 fully saturated rings. The molecule has 0 radical (unpaired) electrons. The maximum absolute atomic E-state index is 12.9. The predicted molar refractivity (Wildman–Crippen MR) is 116 cm³/mol. The molecule has 0 bridgehead atoms. The maximum atomic E-state index is 12.9. The van der Waals surface area contributed by atoms with Crippen molar-refractivity contribution in [3.8, 4) is 5.69 Å². The van der Waals surface area contributed by atoms with E-state index in [2.05, 4.69) is 15.4 Å². The van der Waals surface area contributed by atoms with Crippen LogP contribution in [-0.2, 0) is 17.8 Å². The standard InChI is InChI=1S/C23H23N5O2/c1-17-26-22-20(16-25-28(22)19-10-6-3-7-11-19)23(30)27(17)15-13-21(29)24-14-12-18-8-4-2-5-9-18/h2-11,16H,12-15H2,1H3,(H,24,29). The molecule has 2 aromatic heterocycles. The van der Waals surface area contributed by atoms with E-state index in [1.165, 1.54) is 16.3 Å². The normalized spacial score (nSPS) is 11.0. The molecule has 7 heteroatoms. The molecule has 4 aromatic rings. The van der Waals surface area contributed by atoms with Crippen molar-refractivity contribution in [1.29, 1.82) is 0 Å². The molecule has 1 N–H and O–H groups in total. The lowest BCUT2D eigenvalue weighted by Gasteiger charge is -2.10. The SMILES string of the molecule is Cc1nc2c(cnn2-c2ccccc2)c(=O)n1CCC(=O)NCCc1ccccc1. The fraction of sp³-hybridized carbons (Fsp3) is 0.217. The number of aromatic nitrogens is 4. The van der Waals surface area contributed by atoms with E-state index in [-0.39, 0.29) is 24.4 Å². The molecular weight excluding hydrogens is 378 g/mol. The van der Waals surface area contributed by atoms with Crippen molar-refractivity contribution in [3.63, 3.8) is 0 Å². The number of hydrogen-bond acceptors (Lipinski definition) is 4. The van der Waals surface area contributed by atoms with Crippen LogP contribution in [0.4, 0.5) is 0 Å². The van der Waals surface area contributed by atoms with Gasteiger partial charge in [-0.25, -0.2) is 9.67 Å². The number of amides is 1. The summed E-state index contributed by atoms with van der Waals surface area (Å²) in [5.74, 6) is 0.472. The minimum Gasteiger partial charge on any atom is -0.356 e. The van der Waals surface area contributed by atoms with Gasteiger partial charge in [0, 0.05) is 19.5 Å². The Kier molecular flexibility index (Phi) is 5.70. The molecule has 2 heterocycles. The lowest BCUT2D eigenvalue weighted by molar-refractivity contribution is -0.121. The van der Waals surface area contributed by atoms with E-state index in [1.807, 2.05) is 60.7 Å². The summed E-state index contributed by atoms with van der Waals surface area (Å²) < 4.78 is 3.19. The van der Waals surface area contributed by atoms with E-state index in [9.17, 15) is 9.59 Å². The summed E-state index contributed by atoms with van der Waals surface area (Å²) in [7, 11) is 0. The number of carbonyl (C=O) groups excluding carboxylic acids is 1. The fourth-order valence-corrected chi connectivity index (χ4v) is 3.42. The van der Waals surface area contributed by atoms with Crippen LogP contribution < -0.4 is 10.9 Å². The van der Waals surface area contributed by atoms with Gasteiger partial charge in [-0.3, -0.25) is 14.2 Å². The summed E-state index contributed by atoms with van der Waals surface area (Å²) in [5.41, 5.74) is 2.35. The van der Waals surface area contributed by atoms with E-state index in [0.29, 0.717) is 23.4 Å². The highest BCUT2D eigenvalue weighted by atomic mass is 16.1. The lowest BCUT2D eigenvalue weighted by atomic mass is 10.1. The molecule has 0 spiro atoms. The fourth-order valence-electron chi connectivity index (χ4n) is 3.42. The number of nitrogens with zero attached hydrogens (tertiary/aromatic N) is 4. The number of para-hydroxylation sites is 1. The van der Waals surface area contributed by atoms with Gasteiger partial charge in [-0.1, -0.05) is 48.5 Å². The van der Waals surface area contributed by atoms with Gasteiger partial charge < -0.3 is 5.32 Å². The number of fused-ring (bicyclic) bond motifs is 1. The van der Waals surface area contributed by atoms with E-state index in [4.69, 9.17) is 0 Å². The zero-order valence-electron chi connectivity index (χ0n) is 16.8. The molecule has 152 valence electrons. The summed E-state index contributed by atoms with van der Waals surface area (Å²) in [6, 6.07) is 19.6. The first-order valence-electron chi connectivity index (χ1n) is 9.95. The Labute approximate surface area is 174 Å². The van der Waals surface area contributed by atoms with Crippen molar-refractivity contribution < 1.29 is 4.79 Å². The van der Waals surface area contributed by atoms with Gasteiger partial charge in [0.05, 0.1) is 11.9 Å². The molecule has 0 aliphatic heterocycles. The molecule has 2 aromatic carbocycles. The van der Waals surface area contributed by atoms with Crippen molar-refractivity contribution in [1.82, 2.24) is 24.6 Å². The molecule has 1 amide bonds. The van der Waals surface area contributed by atoms with Crippen LogP contribution in [0, 0.1) is 6.92 Å². The van der Waals surface area contributed by atoms with Crippen LogP contribution in [0.25, 0.3) is 16.7 Å². The number of carbonyl (C=O) groups is 1. The number of hydrogen-bond donors (Lipinski definition) is 1. The molecule has 4 rings (SSSR count). The zero-order valence-corrected chi connectivity index (χ0v) is 16.8. The van der Waals surface area contributed by atoms with Crippen LogP contribution in [-0.4, -0.2) is 31.8 Å². The van der Waals surface area contributed by atoms with Gasteiger partial charge in [-0.15, -0.1) is 0 Å². The largest absolute Gasteiger partial charge is 0.356 e. The summed E-state index contributed by atoms with van der Waals surface area (Å²) >= 11 is 0. The lowest BCUT2D eigenvalue weighted by Crippen LogP contribution is -2.30. The van der Waals surface area contributed by atoms with Crippen molar-refractivity contribution >= 4 is 16.9 Å². The zero-order chi connectivity index (χ0) is 20.9. The van der Waals surface area contributed by atoms with Gasteiger partial charge in [0.15, 0.2) is 5.65 Å². The number of benzene rings is 2. The molecule has 0 saturated carbocycles. The Bertz CT molecular complexity index is 1210. The van der Waals surface area contributed by atoms with Crippen LogP contribution in [0.15, 0.2) is 71.7 Å². The highest BCUT2D eigenvalue weighted by Crippen LogP contribution is 2.14. The molecule has 0 saturated heterocycles. The molecule has 7 nitrogen and oxygen atoms in total. The van der Waals surface area contributed by atoms with Crippen LogP contribution in [0.2, 0.25) is 0 Å². The maximum Gasteiger partial charge on any atom is 0.264 e. The Hall–Kier alpha value is -3.74. The van der Waals surface area contributed by atoms with Crippen LogP contribution in [0.1, 0.15) is 17.8 Å². The van der Waals surface area contributed by atoms with Crippen molar-refractivity contribution in [2.24, 2.45) is 0 Å². The summed E-state index contributed by atoms with van der Waals surface area (Å²) in [6.07, 6.45) is 2.53. The van der Waals surface area contributed by atoms with Crippen molar-refractivity contribution in [2.45, 2.75) is 26.3 Å². The first-order chi connectivity index (χ1) is 14.6. The second kappa shape index (κ2) is 8.73. The smallest absolute Gasteiger partial charge is 0.264 e. The Balaban J connectivity index is 1.44. The Morgan fingerprint density at radius 3 is 2.47 bits per heavy atom. The third kappa shape index (κ3) is 4.15. The molecule has 0 atom stereocenters. The van der Waals surface area contributed by atoms with Crippen LogP contribution in [0.3, 0.4) is 0 Å². The van der Waals surface area contributed by atoms with Gasteiger partial charge in [0.25, 0.3) is 5.56 Å². The van der Waals surface area contributed by atoms with Crippen molar-refractivity contribution in [2.75, 3.05) is 6.54 Å². The quantitative estimate of drug-likeness (QED) is 0.516. The highest BCUT2D eigenvalue weighted by molar-refractivity contribution is 5.76. The third-order valence-electron chi connectivity index (χ3n) is 5.02. The second-order valence-electron chi connectivity index (χ2n) is 7.08. The first-order valence-corrected chi connectivity index (χ1v) is 9.95. The van der Waals surface area contributed by atoms with E-state index in [0.717, 1.165) is 12.1 Å². The van der Waals surface area contributed by atoms with Crippen LogP contribution in [0.5, 0.6) is 0 Å². The van der Waals surface area contributed by atoms with Gasteiger partial charge in [0.2, 0.25) is 5.91 Å². The van der Waals surface area contributed by atoms with Gasteiger partial charge >= 0.3 is 0 Å². The van der Waals surface area contributed by atoms with Crippen molar-refractivity contribution in [3.05, 3.63) is 88.6 Å². The van der Waals surface area contributed by atoms with Gasteiger partial charge in [-0.05, 0) is 31.0 Å². The number of nitrogens with one attached hydrogen (secondary N) is 1. The molecular formula is C23H23N5O2. The second-order valence-corrected chi connectivity index (χ2v) is 7.08. The predicted octanol–water partition coefficient (Wildman–Crippen LogP) is 2.64. The van der Waals surface area contributed by atoms with E-state index < -0.39 is 0 Å². The number of aryl methyl sites for hydroxylation is 1. The molecule has 0 aliphatic carbocycles. The third-order valence-corrected chi connectivity index (χ3v) is 5.02. The first kappa shape index (κ1) is 19.6. The molecule has 0 unspecified atom stereocenters. The van der Waals surface area contributed by atoms with Crippen LogP contribution >= 0.6 is 0 Å². The molecule has 0 aliphatic rings. The Morgan fingerprint density at radius 1 is 1.03 bits per heavy atom. The van der Waals surface area contributed by atoms with Gasteiger partial charge in [-0.2, -0.15) is 5.10 Å². The summed E-state index contributed by atoms with van der Waals surface area (Å²) in [5, 5.41) is 7.69. The topological polar surface area (TPSA) is 81.8 Å². The minimum absolute atomic E-state index is 0.0858. The van der Waals surface area contributed by atoms with E-state index in [1.54, 1.807) is 11.6 Å². The summed E-state index contributed by atoms with van der Waals surface area (Å²) in [4.78, 5) is 29.7. The monoisotopic (exact) mass is 401 g/mol. The average Bonchev–Trinajstić information content (AvgIpc) is 3.19. The molecule has 30 heavy (non-hydrogen) atoms. The van der Waals surface area contributed by atoms with Gasteiger partial charge in [0.1, 0.15) is 11.2 Å². The number of rotatable bonds is 7. The average molecular weight is 401 g/mol. The van der Waals surface area contributed by atoms with E-state index >= 15 is 0 Å². The Morgan fingerprint density at radius 2 is 1.73 bits per heavy atom. The minimum atomic E-state index is -0.184. The highest BCUT2D eigenvalue weighted by Gasteiger charge is 2.14.